The summed E-state index contributed by atoms with van der Waals surface area (Å²) in [4.78, 5) is 29.2. The molecule has 1 aliphatic heterocycles. The molecule has 1 saturated carbocycles. The molecule has 0 unspecified atom stereocenters. The van der Waals surface area contributed by atoms with Gasteiger partial charge in [-0.1, -0.05) is 0 Å². The van der Waals surface area contributed by atoms with Crippen LogP contribution in [0.4, 0.5) is 10.1 Å². The van der Waals surface area contributed by atoms with Crippen molar-refractivity contribution in [1.29, 1.82) is 0 Å². The molecule has 0 N–H and O–H groups in total. The standard InChI is InChI=1S/C20H24FN3O3/c1-12-17-14(10-16(21)18(12)23-8-6-22(2)7-9-23)19(25)15(20(26)27-3)11-24(17)13-4-5-13/h10-11,13H,4-9H2,1-3H3. The molecule has 2 aliphatic rings. The number of hydrogen-bond donors (Lipinski definition) is 0. The van der Waals surface area contributed by atoms with E-state index in [4.69, 9.17) is 4.74 Å². The average molecular weight is 373 g/mol. The van der Waals surface area contributed by atoms with Gasteiger partial charge in [0.15, 0.2) is 0 Å². The van der Waals surface area contributed by atoms with Crippen LogP contribution in [-0.4, -0.2) is 55.8 Å². The number of benzene rings is 1. The maximum absolute atomic E-state index is 15.1. The number of carbonyl (C=O) groups excluding carboxylic acids is 1. The molecule has 1 aromatic heterocycles. The number of likely N-dealkylation sites (N-methyl/N-ethyl adjacent to an activating group) is 1. The molecule has 4 rings (SSSR count). The highest BCUT2D eigenvalue weighted by Gasteiger charge is 2.30. The van der Waals surface area contributed by atoms with E-state index < -0.39 is 17.2 Å². The van der Waals surface area contributed by atoms with E-state index in [9.17, 15) is 9.59 Å². The van der Waals surface area contributed by atoms with Crippen LogP contribution in [0.2, 0.25) is 0 Å². The summed E-state index contributed by atoms with van der Waals surface area (Å²) in [6.45, 7) is 5.10. The van der Waals surface area contributed by atoms with E-state index in [1.54, 1.807) is 6.20 Å². The molecule has 0 spiro atoms. The van der Waals surface area contributed by atoms with Crippen LogP contribution in [0.3, 0.4) is 0 Å². The molecular weight excluding hydrogens is 349 g/mol. The van der Waals surface area contributed by atoms with Gasteiger partial charge in [0.1, 0.15) is 11.4 Å². The number of methoxy groups -OCH3 is 1. The summed E-state index contributed by atoms with van der Waals surface area (Å²) in [5.74, 6) is -1.09. The number of hydrogen-bond acceptors (Lipinski definition) is 5. The van der Waals surface area contributed by atoms with Crippen LogP contribution < -0.4 is 10.3 Å². The van der Waals surface area contributed by atoms with Gasteiger partial charge in [-0.15, -0.1) is 0 Å². The summed E-state index contributed by atoms with van der Waals surface area (Å²) < 4.78 is 21.8. The lowest BCUT2D eigenvalue weighted by Gasteiger charge is -2.35. The molecule has 2 heterocycles. The van der Waals surface area contributed by atoms with Gasteiger partial charge in [-0.05, 0) is 38.4 Å². The van der Waals surface area contributed by atoms with Crippen molar-refractivity contribution in [2.75, 3.05) is 45.2 Å². The predicted molar refractivity (Wildman–Crippen MR) is 102 cm³/mol. The summed E-state index contributed by atoms with van der Waals surface area (Å²) in [6, 6.07) is 1.53. The van der Waals surface area contributed by atoms with Gasteiger partial charge in [0, 0.05) is 43.8 Å². The molecule has 2 fully saturated rings. The SMILES string of the molecule is COC(=O)c1cn(C2CC2)c2c(C)c(N3CCN(C)CC3)c(F)cc2c1=O. The molecule has 1 aliphatic carbocycles. The third kappa shape index (κ3) is 3.00. The fraction of sp³-hybridized carbons (Fsp3) is 0.500. The number of fused-ring (bicyclic) bond motifs is 1. The third-order valence-corrected chi connectivity index (χ3v) is 5.64. The minimum absolute atomic E-state index is 0.0388. The number of esters is 1. The topological polar surface area (TPSA) is 54.8 Å². The second-order valence-corrected chi connectivity index (χ2v) is 7.52. The van der Waals surface area contributed by atoms with E-state index in [0.29, 0.717) is 5.69 Å². The van der Waals surface area contributed by atoms with Crippen LogP contribution in [0.5, 0.6) is 0 Å². The van der Waals surface area contributed by atoms with Crippen molar-refractivity contribution in [3.05, 3.63) is 39.4 Å². The first-order valence-corrected chi connectivity index (χ1v) is 9.32. The van der Waals surface area contributed by atoms with Gasteiger partial charge in [0.25, 0.3) is 0 Å². The second-order valence-electron chi connectivity index (χ2n) is 7.52. The lowest BCUT2D eigenvalue weighted by atomic mass is 10.0. The van der Waals surface area contributed by atoms with Crippen molar-refractivity contribution in [1.82, 2.24) is 9.47 Å². The van der Waals surface area contributed by atoms with Crippen LogP contribution in [0.15, 0.2) is 17.1 Å². The number of piperazine rings is 1. The Morgan fingerprint density at radius 1 is 1.22 bits per heavy atom. The van der Waals surface area contributed by atoms with Gasteiger partial charge < -0.3 is 19.1 Å². The first-order valence-electron chi connectivity index (χ1n) is 9.32. The average Bonchev–Trinajstić information content (AvgIpc) is 3.48. The summed E-state index contributed by atoms with van der Waals surface area (Å²) >= 11 is 0. The lowest BCUT2D eigenvalue weighted by molar-refractivity contribution is 0.0598. The molecule has 6 nitrogen and oxygen atoms in total. The summed E-state index contributed by atoms with van der Waals surface area (Å²) in [6.07, 6.45) is 3.56. The molecule has 27 heavy (non-hydrogen) atoms. The number of halogens is 1. The van der Waals surface area contributed by atoms with Crippen molar-refractivity contribution in [2.24, 2.45) is 0 Å². The maximum Gasteiger partial charge on any atom is 0.343 e. The predicted octanol–water partition coefficient (Wildman–Crippen LogP) is 2.32. The van der Waals surface area contributed by atoms with E-state index in [-0.39, 0.29) is 17.0 Å². The Morgan fingerprint density at radius 3 is 2.48 bits per heavy atom. The highest BCUT2D eigenvalue weighted by Crippen LogP contribution is 2.40. The number of carbonyl (C=O) groups is 1. The summed E-state index contributed by atoms with van der Waals surface area (Å²) in [5, 5.41) is 0.248. The largest absolute Gasteiger partial charge is 0.465 e. The molecule has 0 amide bonds. The second kappa shape index (κ2) is 6.64. The van der Waals surface area contributed by atoms with E-state index in [1.165, 1.54) is 13.2 Å². The van der Waals surface area contributed by atoms with E-state index in [2.05, 4.69) is 16.8 Å². The van der Waals surface area contributed by atoms with Gasteiger partial charge in [0.2, 0.25) is 5.43 Å². The monoisotopic (exact) mass is 373 g/mol. The molecule has 0 atom stereocenters. The molecule has 1 aromatic carbocycles. The Kier molecular flexibility index (Phi) is 4.42. The fourth-order valence-corrected chi connectivity index (χ4v) is 3.98. The van der Waals surface area contributed by atoms with E-state index in [1.807, 2.05) is 11.5 Å². The zero-order valence-corrected chi connectivity index (χ0v) is 15.9. The quantitative estimate of drug-likeness (QED) is 0.773. The third-order valence-electron chi connectivity index (χ3n) is 5.64. The number of rotatable bonds is 3. The highest BCUT2D eigenvalue weighted by molar-refractivity contribution is 5.96. The van der Waals surface area contributed by atoms with Gasteiger partial charge in [-0.25, -0.2) is 9.18 Å². The minimum Gasteiger partial charge on any atom is -0.465 e. The Hall–Kier alpha value is -2.41. The number of aromatic nitrogens is 1. The zero-order chi connectivity index (χ0) is 19.3. The smallest absolute Gasteiger partial charge is 0.343 e. The van der Waals surface area contributed by atoms with Crippen molar-refractivity contribution in [3.8, 4) is 0 Å². The number of aryl methyl sites for hydroxylation is 1. The first-order chi connectivity index (χ1) is 12.9. The van der Waals surface area contributed by atoms with Crippen LogP contribution in [0, 0.1) is 12.7 Å². The fourth-order valence-electron chi connectivity index (χ4n) is 3.98. The van der Waals surface area contributed by atoms with Crippen molar-refractivity contribution >= 4 is 22.6 Å². The summed E-state index contributed by atoms with van der Waals surface area (Å²) in [7, 11) is 3.30. The van der Waals surface area contributed by atoms with Crippen LogP contribution >= 0.6 is 0 Å². The molecule has 144 valence electrons. The van der Waals surface area contributed by atoms with E-state index >= 15 is 4.39 Å². The Morgan fingerprint density at radius 2 is 1.89 bits per heavy atom. The molecule has 2 aromatic rings. The minimum atomic E-state index is -0.683. The van der Waals surface area contributed by atoms with Gasteiger partial charge >= 0.3 is 5.97 Å². The zero-order valence-electron chi connectivity index (χ0n) is 15.9. The Bertz CT molecular complexity index is 973. The molecule has 0 bridgehead atoms. The normalized spacial score (nSPS) is 18.1. The molecule has 0 radical (unpaired) electrons. The van der Waals surface area contributed by atoms with Gasteiger partial charge in [0.05, 0.1) is 18.3 Å². The van der Waals surface area contributed by atoms with E-state index in [0.717, 1.165) is 50.1 Å². The first kappa shape index (κ1) is 18.0. The molecular formula is C20H24FN3O3. The van der Waals surface area contributed by atoms with Gasteiger partial charge in [-0.3, -0.25) is 4.79 Å². The number of anilines is 1. The number of pyridine rings is 1. The molecule has 7 heteroatoms. The molecule has 1 saturated heterocycles. The summed E-state index contributed by atoms with van der Waals surface area (Å²) in [5.41, 5.74) is 1.54. The number of ether oxygens (including phenoxy) is 1. The van der Waals surface area contributed by atoms with Crippen LogP contribution in [0.1, 0.15) is 34.8 Å². The van der Waals surface area contributed by atoms with Crippen LogP contribution in [-0.2, 0) is 4.74 Å². The van der Waals surface area contributed by atoms with Crippen molar-refractivity contribution in [2.45, 2.75) is 25.8 Å². The highest BCUT2D eigenvalue weighted by atomic mass is 19.1. The Balaban J connectivity index is 1.95. The number of nitrogens with zero attached hydrogens (tertiary/aromatic N) is 3. The van der Waals surface area contributed by atoms with Crippen LogP contribution in [0.25, 0.3) is 10.9 Å². The van der Waals surface area contributed by atoms with Crippen molar-refractivity contribution in [3.63, 3.8) is 0 Å². The lowest BCUT2D eigenvalue weighted by Crippen LogP contribution is -2.45. The van der Waals surface area contributed by atoms with Crippen molar-refractivity contribution < 1.29 is 13.9 Å². The maximum atomic E-state index is 15.1. The Labute approximate surface area is 157 Å². The van der Waals surface area contributed by atoms with Gasteiger partial charge in [-0.2, -0.15) is 0 Å².